The van der Waals surface area contributed by atoms with Gasteiger partial charge in [-0.15, -0.1) is 11.3 Å². The number of nitrogens with zero attached hydrogens (tertiary/aromatic N) is 1. The van der Waals surface area contributed by atoms with Gasteiger partial charge in [-0.2, -0.15) is 0 Å². The fourth-order valence-electron chi connectivity index (χ4n) is 2.00. The molecule has 0 fully saturated rings. The van der Waals surface area contributed by atoms with Crippen LogP contribution in [0.5, 0.6) is 11.5 Å². The summed E-state index contributed by atoms with van der Waals surface area (Å²) in [5.74, 6) is 0.334. The summed E-state index contributed by atoms with van der Waals surface area (Å²) < 4.78 is 15.0. The highest BCUT2D eigenvalue weighted by molar-refractivity contribution is 7.16. The molecule has 0 saturated heterocycles. The topological polar surface area (TPSA) is 86.8 Å². The minimum Gasteiger partial charge on any atom is -0.493 e. The maximum atomic E-state index is 12.3. The molecule has 1 aromatic heterocycles. The number of carbonyl (C=O) groups excluding carboxylic acids is 2. The first kappa shape index (κ1) is 17.7. The standard InChI is InChI=1S/C16H18N2O5S/c1-9-13(8-14(19)23-4)24-16(17-9)18-15(20)10-5-6-11(21-2)12(7-10)22-3/h5-7H,8H2,1-4H3,(H,17,18,20). The van der Waals surface area contributed by atoms with Gasteiger partial charge in [-0.1, -0.05) is 0 Å². The molecule has 2 rings (SSSR count). The average Bonchev–Trinajstić information content (AvgIpc) is 2.92. The summed E-state index contributed by atoms with van der Waals surface area (Å²) in [7, 11) is 4.36. The molecule has 0 saturated carbocycles. The van der Waals surface area contributed by atoms with E-state index in [1.54, 1.807) is 25.1 Å². The Morgan fingerprint density at radius 2 is 1.88 bits per heavy atom. The normalized spacial score (nSPS) is 10.2. The summed E-state index contributed by atoms with van der Waals surface area (Å²) in [4.78, 5) is 28.7. The maximum absolute atomic E-state index is 12.3. The van der Waals surface area contributed by atoms with Gasteiger partial charge in [0.25, 0.3) is 5.91 Å². The lowest BCUT2D eigenvalue weighted by Crippen LogP contribution is -2.12. The fourth-order valence-corrected chi connectivity index (χ4v) is 2.94. The van der Waals surface area contributed by atoms with Gasteiger partial charge in [0.1, 0.15) is 0 Å². The number of esters is 1. The van der Waals surface area contributed by atoms with Crippen molar-refractivity contribution in [2.24, 2.45) is 0 Å². The van der Waals surface area contributed by atoms with Crippen LogP contribution in [0.25, 0.3) is 0 Å². The van der Waals surface area contributed by atoms with E-state index in [9.17, 15) is 9.59 Å². The highest BCUT2D eigenvalue weighted by Crippen LogP contribution is 2.28. The fraction of sp³-hybridized carbons (Fsp3) is 0.312. The predicted molar refractivity (Wildman–Crippen MR) is 90.1 cm³/mol. The lowest BCUT2D eigenvalue weighted by molar-refractivity contribution is -0.139. The summed E-state index contributed by atoms with van der Waals surface area (Å²) in [5, 5.41) is 3.14. The van der Waals surface area contributed by atoms with Crippen LogP contribution in [0.2, 0.25) is 0 Å². The Bertz CT molecular complexity index is 757. The van der Waals surface area contributed by atoms with Crippen LogP contribution in [0.1, 0.15) is 20.9 Å². The Labute approximate surface area is 143 Å². The molecule has 0 radical (unpaired) electrons. The number of hydrogen-bond donors (Lipinski definition) is 1. The number of anilines is 1. The third-order valence-corrected chi connectivity index (χ3v) is 4.36. The molecule has 1 amide bonds. The second kappa shape index (κ2) is 7.78. The summed E-state index contributed by atoms with van der Waals surface area (Å²) in [6.07, 6.45) is 0.131. The van der Waals surface area contributed by atoms with Crippen molar-refractivity contribution < 1.29 is 23.8 Å². The van der Waals surface area contributed by atoms with E-state index in [4.69, 9.17) is 9.47 Å². The zero-order valence-electron chi connectivity index (χ0n) is 13.8. The van der Waals surface area contributed by atoms with Crippen molar-refractivity contribution in [2.75, 3.05) is 26.6 Å². The maximum Gasteiger partial charge on any atom is 0.310 e. The molecule has 24 heavy (non-hydrogen) atoms. The number of aryl methyl sites for hydroxylation is 1. The number of hydrogen-bond acceptors (Lipinski definition) is 7. The van der Waals surface area contributed by atoms with E-state index < -0.39 is 0 Å². The molecule has 2 aromatic rings. The summed E-state index contributed by atoms with van der Waals surface area (Å²) >= 11 is 1.24. The van der Waals surface area contributed by atoms with Gasteiger partial charge < -0.3 is 14.2 Å². The van der Waals surface area contributed by atoms with Gasteiger partial charge >= 0.3 is 5.97 Å². The van der Waals surface area contributed by atoms with Crippen LogP contribution >= 0.6 is 11.3 Å². The van der Waals surface area contributed by atoms with Crippen LogP contribution < -0.4 is 14.8 Å². The molecule has 0 unspecified atom stereocenters. The predicted octanol–water partition coefficient (Wildman–Crippen LogP) is 2.44. The van der Waals surface area contributed by atoms with Crippen LogP contribution in [0.4, 0.5) is 5.13 Å². The van der Waals surface area contributed by atoms with Crippen LogP contribution in [0.15, 0.2) is 18.2 Å². The van der Waals surface area contributed by atoms with Gasteiger partial charge in [0, 0.05) is 10.4 Å². The number of benzene rings is 1. The molecule has 1 heterocycles. The smallest absolute Gasteiger partial charge is 0.310 e. The molecule has 8 heteroatoms. The van der Waals surface area contributed by atoms with Crippen LogP contribution in [-0.4, -0.2) is 38.2 Å². The summed E-state index contributed by atoms with van der Waals surface area (Å²) in [5.41, 5.74) is 1.10. The molecule has 0 aliphatic rings. The quantitative estimate of drug-likeness (QED) is 0.805. The van der Waals surface area contributed by atoms with Gasteiger partial charge in [0.15, 0.2) is 16.6 Å². The first-order valence-corrected chi connectivity index (χ1v) is 7.86. The van der Waals surface area contributed by atoms with Gasteiger partial charge in [0.2, 0.25) is 0 Å². The van der Waals surface area contributed by atoms with E-state index in [1.165, 1.54) is 32.7 Å². The first-order valence-electron chi connectivity index (χ1n) is 7.05. The number of amides is 1. The molecule has 7 nitrogen and oxygen atoms in total. The monoisotopic (exact) mass is 350 g/mol. The zero-order chi connectivity index (χ0) is 17.7. The molecule has 1 aromatic carbocycles. The number of rotatable bonds is 6. The van der Waals surface area contributed by atoms with E-state index in [-0.39, 0.29) is 18.3 Å². The minimum absolute atomic E-state index is 0.131. The van der Waals surface area contributed by atoms with Crippen molar-refractivity contribution >= 4 is 28.3 Å². The number of thiazole rings is 1. The summed E-state index contributed by atoms with van der Waals surface area (Å²) in [6, 6.07) is 4.88. The number of nitrogens with one attached hydrogen (secondary N) is 1. The molecular weight excluding hydrogens is 332 g/mol. The lowest BCUT2D eigenvalue weighted by atomic mass is 10.2. The Balaban J connectivity index is 2.15. The summed E-state index contributed by atoms with van der Waals surface area (Å²) in [6.45, 7) is 1.78. The van der Waals surface area contributed by atoms with E-state index in [0.29, 0.717) is 27.9 Å². The largest absolute Gasteiger partial charge is 0.493 e. The van der Waals surface area contributed by atoms with E-state index in [2.05, 4.69) is 15.0 Å². The van der Waals surface area contributed by atoms with Crippen molar-refractivity contribution in [1.82, 2.24) is 4.98 Å². The molecular formula is C16H18N2O5S. The number of aromatic nitrogens is 1. The van der Waals surface area contributed by atoms with Crippen molar-refractivity contribution in [1.29, 1.82) is 0 Å². The van der Waals surface area contributed by atoms with Crippen molar-refractivity contribution in [3.05, 3.63) is 34.3 Å². The molecule has 128 valence electrons. The van der Waals surface area contributed by atoms with E-state index in [1.807, 2.05) is 0 Å². The van der Waals surface area contributed by atoms with Crippen LogP contribution in [-0.2, 0) is 16.0 Å². The lowest BCUT2D eigenvalue weighted by Gasteiger charge is -2.09. The molecule has 0 bridgehead atoms. The van der Waals surface area contributed by atoms with Crippen LogP contribution in [0.3, 0.4) is 0 Å². The van der Waals surface area contributed by atoms with Crippen LogP contribution in [0, 0.1) is 6.92 Å². The Hall–Kier alpha value is -2.61. The molecule has 1 N–H and O–H groups in total. The van der Waals surface area contributed by atoms with Crippen molar-refractivity contribution in [3.8, 4) is 11.5 Å². The zero-order valence-corrected chi connectivity index (χ0v) is 14.7. The molecule has 0 atom stereocenters. The van der Waals surface area contributed by atoms with E-state index in [0.717, 1.165) is 4.88 Å². The third kappa shape index (κ3) is 4.02. The number of methoxy groups -OCH3 is 3. The van der Waals surface area contributed by atoms with Crippen molar-refractivity contribution in [3.63, 3.8) is 0 Å². The van der Waals surface area contributed by atoms with Gasteiger partial charge in [0.05, 0.1) is 33.4 Å². The Kier molecular flexibility index (Phi) is 5.75. The van der Waals surface area contributed by atoms with Crippen molar-refractivity contribution in [2.45, 2.75) is 13.3 Å². The highest BCUT2D eigenvalue weighted by atomic mass is 32.1. The Morgan fingerprint density at radius 3 is 2.50 bits per heavy atom. The Morgan fingerprint density at radius 1 is 1.17 bits per heavy atom. The molecule has 0 aliphatic carbocycles. The van der Waals surface area contributed by atoms with Gasteiger partial charge in [-0.05, 0) is 25.1 Å². The first-order chi connectivity index (χ1) is 11.5. The van der Waals surface area contributed by atoms with Gasteiger partial charge in [-0.25, -0.2) is 4.98 Å². The third-order valence-electron chi connectivity index (χ3n) is 3.29. The SMILES string of the molecule is COC(=O)Cc1sc(NC(=O)c2ccc(OC)c(OC)c2)nc1C. The second-order valence-corrected chi connectivity index (χ2v) is 5.89. The van der Waals surface area contributed by atoms with E-state index >= 15 is 0 Å². The number of ether oxygens (including phenoxy) is 3. The van der Waals surface area contributed by atoms with Gasteiger partial charge in [-0.3, -0.25) is 14.9 Å². The minimum atomic E-state index is -0.348. The molecule has 0 aliphatic heterocycles. The second-order valence-electron chi connectivity index (χ2n) is 4.80. The average molecular weight is 350 g/mol. The highest BCUT2D eigenvalue weighted by Gasteiger charge is 2.16. The number of carbonyl (C=O) groups is 2. The molecule has 0 spiro atoms.